The highest BCUT2D eigenvalue weighted by Gasteiger charge is 2.22. The van der Waals surface area contributed by atoms with Gasteiger partial charge in [0.15, 0.2) is 5.78 Å². The van der Waals surface area contributed by atoms with Gasteiger partial charge in [-0.15, -0.1) is 0 Å². The van der Waals surface area contributed by atoms with E-state index in [1.807, 2.05) is 32.4 Å². The van der Waals surface area contributed by atoms with Gasteiger partial charge in [-0.1, -0.05) is 45.4 Å². The second-order valence-electron chi connectivity index (χ2n) is 7.86. The van der Waals surface area contributed by atoms with Crippen molar-refractivity contribution in [1.29, 1.82) is 0 Å². The van der Waals surface area contributed by atoms with Crippen LogP contribution in [0.2, 0.25) is 5.02 Å². The third-order valence-electron chi connectivity index (χ3n) is 4.77. The molecule has 2 aromatic carbocycles. The summed E-state index contributed by atoms with van der Waals surface area (Å²) in [6.45, 7) is 10.9. The first-order chi connectivity index (χ1) is 13.8. The van der Waals surface area contributed by atoms with Crippen LogP contribution in [0.5, 0.6) is 0 Å². The van der Waals surface area contributed by atoms with E-state index >= 15 is 0 Å². The molecule has 2 aromatic rings. The van der Waals surface area contributed by atoms with Crippen LogP contribution in [-0.2, 0) is 10.0 Å². The van der Waals surface area contributed by atoms with Gasteiger partial charge < -0.3 is 5.32 Å². The number of benzene rings is 2. The van der Waals surface area contributed by atoms with Crippen LogP contribution in [0.15, 0.2) is 35.2 Å². The number of carbonyl (C=O) groups is 2. The highest BCUT2D eigenvalue weighted by Crippen LogP contribution is 2.35. The van der Waals surface area contributed by atoms with Crippen LogP contribution in [0.25, 0.3) is 0 Å². The number of rotatable bonds is 6. The number of ketones is 1. The van der Waals surface area contributed by atoms with Gasteiger partial charge in [-0.25, -0.2) is 17.9 Å². The Bertz CT molecular complexity index is 1060. The second kappa shape index (κ2) is 9.18. The summed E-state index contributed by atoms with van der Waals surface area (Å²) in [5.41, 5.74) is 3.13. The molecule has 0 unspecified atom stereocenters. The summed E-state index contributed by atoms with van der Waals surface area (Å²) < 4.78 is 27.4. The SMILES string of the molecule is CC(=O)c1cc(S(=O)(=O)NC(=O)Nc2c(C(C)C)cc(Cl)cc2C(C)C)ccc1C. The van der Waals surface area contributed by atoms with E-state index in [-0.39, 0.29) is 22.5 Å². The van der Waals surface area contributed by atoms with Crippen LogP contribution in [-0.4, -0.2) is 20.2 Å². The Balaban J connectivity index is 2.38. The number of anilines is 1. The highest BCUT2D eigenvalue weighted by atomic mass is 35.5. The molecule has 0 aromatic heterocycles. The number of carbonyl (C=O) groups excluding carboxylic acids is 2. The van der Waals surface area contributed by atoms with Crippen molar-refractivity contribution in [2.45, 2.75) is 58.3 Å². The molecule has 0 saturated heterocycles. The predicted octanol–water partition coefficient (Wildman–Crippen LogP) is 5.61. The number of halogens is 1. The van der Waals surface area contributed by atoms with Crippen LogP contribution in [0.3, 0.4) is 0 Å². The second-order valence-corrected chi connectivity index (χ2v) is 9.98. The number of sulfonamides is 1. The molecule has 162 valence electrons. The lowest BCUT2D eigenvalue weighted by Gasteiger charge is -2.21. The minimum absolute atomic E-state index is 0.0586. The molecule has 8 heteroatoms. The van der Waals surface area contributed by atoms with Gasteiger partial charge in [0.1, 0.15) is 0 Å². The fraction of sp³-hybridized carbons (Fsp3) is 0.364. The van der Waals surface area contributed by atoms with E-state index < -0.39 is 16.1 Å². The van der Waals surface area contributed by atoms with Crippen molar-refractivity contribution in [2.75, 3.05) is 5.32 Å². The molecule has 30 heavy (non-hydrogen) atoms. The van der Waals surface area contributed by atoms with Gasteiger partial charge in [0.2, 0.25) is 0 Å². The molecule has 0 aliphatic rings. The standard InChI is InChI=1S/C22H27ClN2O4S/c1-12(2)18-9-16(23)10-19(13(3)4)21(18)24-22(27)25-30(28,29)17-8-7-14(5)20(11-17)15(6)26/h7-13H,1-6H3,(H2,24,25,27). The maximum atomic E-state index is 12.7. The van der Waals surface area contributed by atoms with Crippen molar-refractivity contribution in [3.05, 3.63) is 57.6 Å². The third kappa shape index (κ3) is 5.40. The highest BCUT2D eigenvalue weighted by molar-refractivity contribution is 7.90. The van der Waals surface area contributed by atoms with E-state index in [0.717, 1.165) is 11.1 Å². The normalized spacial score (nSPS) is 11.6. The first kappa shape index (κ1) is 23.9. The van der Waals surface area contributed by atoms with Crippen molar-refractivity contribution in [3.63, 3.8) is 0 Å². The van der Waals surface area contributed by atoms with Gasteiger partial charge in [0, 0.05) is 16.3 Å². The molecule has 2 rings (SSSR count). The monoisotopic (exact) mass is 450 g/mol. The fourth-order valence-electron chi connectivity index (χ4n) is 3.17. The lowest BCUT2D eigenvalue weighted by Crippen LogP contribution is -2.35. The van der Waals surface area contributed by atoms with Crippen molar-refractivity contribution in [2.24, 2.45) is 0 Å². The number of Topliss-reactive ketones (excluding diaryl/α,β-unsaturated/α-hetero) is 1. The van der Waals surface area contributed by atoms with Crippen LogP contribution in [0, 0.1) is 6.92 Å². The van der Waals surface area contributed by atoms with E-state index in [1.165, 1.54) is 25.1 Å². The van der Waals surface area contributed by atoms with E-state index in [2.05, 4.69) is 5.32 Å². The first-order valence-corrected chi connectivity index (χ1v) is 11.5. The Morgan fingerprint density at radius 3 is 1.97 bits per heavy atom. The minimum atomic E-state index is -4.17. The van der Waals surface area contributed by atoms with Gasteiger partial charge in [0.25, 0.3) is 10.0 Å². The minimum Gasteiger partial charge on any atom is -0.307 e. The van der Waals surface area contributed by atoms with Crippen LogP contribution in [0.1, 0.15) is 73.5 Å². The zero-order valence-electron chi connectivity index (χ0n) is 18.0. The maximum Gasteiger partial charge on any atom is 0.333 e. The Kier molecular flexibility index (Phi) is 7.31. The number of nitrogens with one attached hydrogen (secondary N) is 2. The Labute approximate surface area is 183 Å². The average Bonchev–Trinajstić information content (AvgIpc) is 2.61. The van der Waals surface area contributed by atoms with Crippen molar-refractivity contribution in [1.82, 2.24) is 4.72 Å². The molecule has 0 saturated carbocycles. The topological polar surface area (TPSA) is 92.3 Å². The zero-order chi connectivity index (χ0) is 22.8. The molecule has 0 radical (unpaired) electrons. The van der Waals surface area contributed by atoms with Crippen molar-refractivity contribution in [3.8, 4) is 0 Å². The summed E-state index contributed by atoms with van der Waals surface area (Å²) in [7, 11) is -4.17. The summed E-state index contributed by atoms with van der Waals surface area (Å²) in [5.74, 6) is -0.134. The summed E-state index contributed by atoms with van der Waals surface area (Å²) in [5, 5.41) is 3.24. The predicted molar refractivity (Wildman–Crippen MR) is 120 cm³/mol. The largest absolute Gasteiger partial charge is 0.333 e. The molecule has 0 aliphatic heterocycles. The van der Waals surface area contributed by atoms with Crippen LogP contribution >= 0.6 is 11.6 Å². The molecule has 0 fully saturated rings. The molecule has 0 aliphatic carbocycles. The Hall–Kier alpha value is -2.38. The molecule has 2 amide bonds. The number of urea groups is 1. The number of amides is 2. The average molecular weight is 451 g/mol. The molecule has 2 N–H and O–H groups in total. The summed E-state index contributed by atoms with van der Waals surface area (Å²) in [6, 6.07) is 6.82. The van der Waals surface area contributed by atoms with Gasteiger partial charge in [-0.2, -0.15) is 0 Å². The zero-order valence-corrected chi connectivity index (χ0v) is 19.5. The van der Waals surface area contributed by atoms with Gasteiger partial charge in [-0.3, -0.25) is 4.79 Å². The number of aryl methyl sites for hydroxylation is 1. The van der Waals surface area contributed by atoms with E-state index in [1.54, 1.807) is 19.1 Å². The lowest BCUT2D eigenvalue weighted by atomic mass is 9.92. The molecule has 0 bridgehead atoms. The Morgan fingerprint density at radius 1 is 0.967 bits per heavy atom. The quantitative estimate of drug-likeness (QED) is 0.559. The van der Waals surface area contributed by atoms with Gasteiger partial charge in [0.05, 0.1) is 4.90 Å². The summed E-state index contributed by atoms with van der Waals surface area (Å²) >= 11 is 6.23. The molecule has 0 heterocycles. The van der Waals surface area contributed by atoms with Gasteiger partial charge in [-0.05, 0) is 66.6 Å². The first-order valence-electron chi connectivity index (χ1n) is 9.62. The number of hydrogen-bond donors (Lipinski definition) is 2. The van der Waals surface area contributed by atoms with E-state index in [0.29, 0.717) is 21.8 Å². The van der Waals surface area contributed by atoms with Crippen molar-refractivity contribution >= 4 is 39.1 Å². The fourth-order valence-corrected chi connectivity index (χ4v) is 4.34. The van der Waals surface area contributed by atoms with Crippen molar-refractivity contribution < 1.29 is 18.0 Å². The Morgan fingerprint density at radius 2 is 1.50 bits per heavy atom. The third-order valence-corrected chi connectivity index (χ3v) is 6.32. The molecular weight excluding hydrogens is 424 g/mol. The maximum absolute atomic E-state index is 12.7. The van der Waals surface area contributed by atoms with E-state index in [4.69, 9.17) is 11.6 Å². The molecule has 0 spiro atoms. The smallest absolute Gasteiger partial charge is 0.307 e. The summed E-state index contributed by atoms with van der Waals surface area (Å²) in [6.07, 6.45) is 0. The molecule has 6 nitrogen and oxygen atoms in total. The molecular formula is C22H27ClN2O4S. The van der Waals surface area contributed by atoms with Crippen LogP contribution < -0.4 is 10.0 Å². The van der Waals surface area contributed by atoms with Crippen LogP contribution in [0.4, 0.5) is 10.5 Å². The number of hydrogen-bond acceptors (Lipinski definition) is 4. The van der Waals surface area contributed by atoms with E-state index in [9.17, 15) is 18.0 Å². The molecule has 0 atom stereocenters. The lowest BCUT2D eigenvalue weighted by molar-refractivity contribution is 0.101. The van der Waals surface area contributed by atoms with Gasteiger partial charge >= 0.3 is 6.03 Å². The summed E-state index contributed by atoms with van der Waals surface area (Å²) in [4.78, 5) is 24.2.